The highest BCUT2D eigenvalue weighted by atomic mass is 16.7. The van der Waals surface area contributed by atoms with Gasteiger partial charge in [-0.1, -0.05) is 36.6 Å². The SMILES string of the molecule is CC(C)(C(=O)c1ccc(-n2c3ccc(/C(CCCCC(=O)O)=N/OC(=O)C#N)cc3c3cc(C4CCCCC4)ccc32)cc1)N1CCOCC1. The molecule has 10 heteroatoms. The third-order valence-electron chi connectivity index (χ3n) is 10.3. The number of rotatable bonds is 12. The van der Waals surface area contributed by atoms with Gasteiger partial charge in [-0.3, -0.25) is 14.5 Å². The summed E-state index contributed by atoms with van der Waals surface area (Å²) in [6.45, 7) is 6.65. The van der Waals surface area contributed by atoms with E-state index in [2.05, 4.69) is 32.8 Å². The molecule has 10 nitrogen and oxygen atoms in total. The lowest BCUT2D eigenvalue weighted by atomic mass is 9.83. The molecule has 0 amide bonds. The van der Waals surface area contributed by atoms with Crippen LogP contribution in [0.15, 0.2) is 65.8 Å². The fraction of sp³-hybridized carbons (Fsp3) is 0.425. The predicted octanol–water partition coefficient (Wildman–Crippen LogP) is 7.54. The predicted molar refractivity (Wildman–Crippen MR) is 192 cm³/mol. The molecule has 2 aliphatic rings. The molecule has 2 heterocycles. The van der Waals surface area contributed by atoms with Gasteiger partial charge in [0.2, 0.25) is 0 Å². The Kier molecular flexibility index (Phi) is 10.8. The molecule has 260 valence electrons. The van der Waals surface area contributed by atoms with Crippen molar-refractivity contribution in [3.8, 4) is 11.8 Å². The van der Waals surface area contributed by atoms with E-state index in [0.717, 1.165) is 46.1 Å². The monoisotopic (exact) mass is 676 g/mol. The van der Waals surface area contributed by atoms with Gasteiger partial charge in [-0.2, -0.15) is 5.26 Å². The minimum Gasteiger partial charge on any atom is -0.481 e. The molecular weight excluding hydrogens is 632 g/mol. The lowest BCUT2D eigenvalue weighted by Crippen LogP contribution is -2.54. The summed E-state index contributed by atoms with van der Waals surface area (Å²) in [6.07, 6.45) is 7.43. The third kappa shape index (κ3) is 7.49. The van der Waals surface area contributed by atoms with Crippen LogP contribution >= 0.6 is 0 Å². The first-order valence-electron chi connectivity index (χ1n) is 17.6. The van der Waals surface area contributed by atoms with E-state index in [1.54, 1.807) is 0 Å². The molecule has 1 saturated heterocycles. The van der Waals surface area contributed by atoms with Crippen LogP contribution in [-0.4, -0.2) is 69.8 Å². The minimum absolute atomic E-state index is 0.0246. The lowest BCUT2D eigenvalue weighted by Gasteiger charge is -2.39. The van der Waals surface area contributed by atoms with Gasteiger partial charge >= 0.3 is 11.9 Å². The average Bonchev–Trinajstić information content (AvgIpc) is 3.47. The maximum Gasteiger partial charge on any atom is 0.436 e. The normalized spacial score (nSPS) is 16.4. The fourth-order valence-corrected chi connectivity index (χ4v) is 7.50. The van der Waals surface area contributed by atoms with E-state index < -0.39 is 17.5 Å². The number of aromatic nitrogens is 1. The van der Waals surface area contributed by atoms with Crippen LogP contribution in [0.2, 0.25) is 0 Å². The first-order valence-corrected chi connectivity index (χ1v) is 17.6. The van der Waals surface area contributed by atoms with Crippen molar-refractivity contribution in [3.63, 3.8) is 0 Å². The zero-order valence-corrected chi connectivity index (χ0v) is 28.8. The Balaban J connectivity index is 1.41. The van der Waals surface area contributed by atoms with E-state index in [1.807, 2.05) is 56.3 Å². The first-order chi connectivity index (χ1) is 24.2. The van der Waals surface area contributed by atoms with Crippen LogP contribution in [0.3, 0.4) is 0 Å². The number of ether oxygens (including phenoxy) is 1. The van der Waals surface area contributed by atoms with Crippen LogP contribution in [0.4, 0.5) is 0 Å². The standard InChI is InChI=1S/C40H44N4O6/c1-40(2,43-20-22-49-23-21-43)39(48)28-12-16-31(17-13-28)44-35-18-14-29(27-8-4-3-5-9-27)24-32(35)33-25-30(15-19-36(33)44)34(42-50-38(47)26-41)10-6-7-11-37(45)46/h12-19,24-25,27H,3-11,20-23H2,1-2H3,(H,45,46)/b42-34+. The van der Waals surface area contributed by atoms with Crippen molar-refractivity contribution < 1.29 is 29.1 Å². The number of benzene rings is 3. The van der Waals surface area contributed by atoms with Gasteiger partial charge in [0.05, 0.1) is 35.5 Å². The molecule has 1 saturated carbocycles. The number of hydrogen-bond acceptors (Lipinski definition) is 8. The Morgan fingerprint density at radius 2 is 1.54 bits per heavy atom. The molecule has 6 rings (SSSR count). The molecule has 3 aromatic carbocycles. The van der Waals surface area contributed by atoms with Crippen molar-refractivity contribution in [2.75, 3.05) is 26.3 Å². The second-order valence-corrected chi connectivity index (χ2v) is 13.8. The lowest BCUT2D eigenvalue weighted by molar-refractivity contribution is -0.137. The Morgan fingerprint density at radius 3 is 2.22 bits per heavy atom. The average molecular weight is 677 g/mol. The Bertz CT molecular complexity index is 1960. The van der Waals surface area contributed by atoms with E-state index in [-0.39, 0.29) is 12.2 Å². The van der Waals surface area contributed by atoms with Gasteiger partial charge in [0.15, 0.2) is 11.9 Å². The van der Waals surface area contributed by atoms with Crippen LogP contribution in [0, 0.1) is 11.3 Å². The van der Waals surface area contributed by atoms with E-state index >= 15 is 0 Å². The number of carboxylic acid groups (broad SMARTS) is 1. The van der Waals surface area contributed by atoms with Crippen LogP contribution in [-0.2, 0) is 19.2 Å². The van der Waals surface area contributed by atoms with Gasteiger partial charge in [0, 0.05) is 47.1 Å². The molecule has 4 aromatic rings. The summed E-state index contributed by atoms with van der Waals surface area (Å²) in [4.78, 5) is 43.6. The van der Waals surface area contributed by atoms with Gasteiger partial charge in [-0.25, -0.2) is 4.79 Å². The summed E-state index contributed by atoms with van der Waals surface area (Å²) in [7, 11) is 0. The van der Waals surface area contributed by atoms with Gasteiger partial charge in [0.25, 0.3) is 0 Å². The number of nitrogens with zero attached hydrogens (tertiary/aromatic N) is 4. The number of morpholine rings is 1. The third-order valence-corrected chi connectivity index (χ3v) is 10.3. The molecule has 2 fully saturated rings. The number of Topliss-reactive ketones (excluding diaryl/α,β-unsaturated/α-hetero) is 1. The zero-order chi connectivity index (χ0) is 35.3. The summed E-state index contributed by atoms with van der Waals surface area (Å²) in [6, 6.07) is 22.0. The molecule has 0 atom stereocenters. The van der Waals surface area contributed by atoms with Gasteiger partial charge in [0.1, 0.15) is 0 Å². The molecule has 0 unspecified atom stereocenters. The molecular formula is C40H44N4O6. The maximum atomic E-state index is 13.7. The van der Waals surface area contributed by atoms with Crippen molar-refractivity contribution in [2.45, 2.75) is 83.1 Å². The van der Waals surface area contributed by atoms with Crippen LogP contribution < -0.4 is 0 Å². The number of carbonyl (C=O) groups excluding carboxylic acids is 2. The number of fused-ring (bicyclic) bond motifs is 3. The smallest absolute Gasteiger partial charge is 0.436 e. The van der Waals surface area contributed by atoms with Crippen LogP contribution in [0.5, 0.6) is 0 Å². The van der Waals surface area contributed by atoms with Crippen molar-refractivity contribution in [1.29, 1.82) is 5.26 Å². The summed E-state index contributed by atoms with van der Waals surface area (Å²) in [5.41, 5.74) is 5.44. The van der Waals surface area contributed by atoms with E-state index in [9.17, 15) is 14.4 Å². The van der Waals surface area contributed by atoms with Crippen LogP contribution in [0.25, 0.3) is 27.5 Å². The number of ketones is 1. The topological polar surface area (TPSA) is 134 Å². The molecule has 1 aromatic heterocycles. The Hall–Kier alpha value is -4.85. The molecule has 1 aliphatic carbocycles. The van der Waals surface area contributed by atoms with Crippen LogP contribution in [0.1, 0.15) is 99.0 Å². The molecule has 0 radical (unpaired) electrons. The zero-order valence-electron chi connectivity index (χ0n) is 28.8. The van der Waals surface area contributed by atoms with E-state index in [0.29, 0.717) is 49.7 Å². The number of aliphatic carboxylic acids is 1. The minimum atomic E-state index is -1.11. The Labute approximate surface area is 292 Å². The number of oxime groups is 1. The first kappa shape index (κ1) is 35.0. The number of nitriles is 1. The maximum absolute atomic E-state index is 13.7. The molecule has 1 aliphatic heterocycles. The quantitative estimate of drug-likeness (QED) is 0.0406. The van der Waals surface area contributed by atoms with Gasteiger partial charge in [-0.15, -0.1) is 0 Å². The second kappa shape index (κ2) is 15.4. The highest BCUT2D eigenvalue weighted by Gasteiger charge is 2.36. The largest absolute Gasteiger partial charge is 0.481 e. The molecule has 1 N–H and O–H groups in total. The van der Waals surface area contributed by atoms with Crippen molar-refractivity contribution >= 4 is 45.2 Å². The number of carboxylic acids is 1. The Morgan fingerprint density at radius 1 is 0.900 bits per heavy atom. The van der Waals surface area contributed by atoms with Gasteiger partial charge in [-0.05, 0) is 106 Å². The van der Waals surface area contributed by atoms with Gasteiger partial charge < -0.3 is 19.2 Å². The van der Waals surface area contributed by atoms with E-state index in [1.165, 1.54) is 43.7 Å². The number of carbonyl (C=O) groups is 3. The molecule has 0 bridgehead atoms. The fourth-order valence-electron chi connectivity index (χ4n) is 7.50. The van der Waals surface area contributed by atoms with Crippen molar-refractivity contribution in [1.82, 2.24) is 9.47 Å². The molecule has 0 spiro atoms. The summed E-state index contributed by atoms with van der Waals surface area (Å²) >= 11 is 0. The highest BCUT2D eigenvalue weighted by Crippen LogP contribution is 2.38. The van der Waals surface area contributed by atoms with E-state index in [4.69, 9.17) is 19.9 Å². The molecule has 50 heavy (non-hydrogen) atoms. The summed E-state index contributed by atoms with van der Waals surface area (Å²) in [5.74, 6) is -1.41. The number of hydrogen-bond donors (Lipinski definition) is 1. The second-order valence-electron chi connectivity index (χ2n) is 13.8. The summed E-state index contributed by atoms with van der Waals surface area (Å²) < 4.78 is 7.72. The summed E-state index contributed by atoms with van der Waals surface area (Å²) in [5, 5.41) is 24.2. The van der Waals surface area contributed by atoms with Crippen molar-refractivity contribution in [3.05, 3.63) is 77.4 Å². The van der Waals surface area contributed by atoms with Crippen molar-refractivity contribution in [2.24, 2.45) is 5.16 Å². The highest BCUT2D eigenvalue weighted by molar-refractivity contribution is 6.13. The number of unbranched alkanes of at least 4 members (excludes halogenated alkanes) is 1.